The molecular weight excluding hydrogens is 314 g/mol. The van der Waals surface area contributed by atoms with Gasteiger partial charge in [-0.1, -0.05) is 0 Å². The van der Waals surface area contributed by atoms with Crippen molar-refractivity contribution in [3.63, 3.8) is 0 Å². The first-order valence-corrected chi connectivity index (χ1v) is 7.92. The molecule has 0 saturated carbocycles. The second-order valence-corrected chi connectivity index (χ2v) is 6.24. The van der Waals surface area contributed by atoms with Gasteiger partial charge in [0.15, 0.2) is 12.3 Å². The summed E-state index contributed by atoms with van der Waals surface area (Å²) >= 11 is 0. The van der Waals surface area contributed by atoms with E-state index < -0.39 is 4.92 Å². The molecule has 1 heterocycles. The average molecular weight is 338 g/mol. The first-order valence-electron chi connectivity index (χ1n) is 7.92. The number of anilines is 1. The minimum Gasteiger partial charge on any atom is -0.490 e. The van der Waals surface area contributed by atoms with Crippen molar-refractivity contribution < 1.29 is 24.1 Å². The van der Waals surface area contributed by atoms with Crippen LogP contribution in [0.25, 0.3) is 0 Å². The predicted molar refractivity (Wildman–Crippen MR) is 88.6 cm³/mol. The van der Waals surface area contributed by atoms with Crippen LogP contribution >= 0.6 is 0 Å². The van der Waals surface area contributed by atoms with Crippen LogP contribution in [0.4, 0.5) is 11.4 Å². The first-order chi connectivity index (χ1) is 11.3. The largest absolute Gasteiger partial charge is 0.490 e. The van der Waals surface area contributed by atoms with Crippen LogP contribution in [0.3, 0.4) is 0 Å². The van der Waals surface area contributed by atoms with Crippen LogP contribution in [-0.4, -0.2) is 49.8 Å². The highest BCUT2D eigenvalue weighted by molar-refractivity contribution is 5.92. The Kier molecular flexibility index (Phi) is 5.74. The number of quaternary nitrogens is 1. The van der Waals surface area contributed by atoms with Gasteiger partial charge in [-0.3, -0.25) is 14.9 Å². The number of benzene rings is 1. The maximum Gasteiger partial charge on any atom is 0.311 e. The SMILES string of the molecule is COc1cc(NC(=O)C[NH+]2C[C@@H](C)O[C@H](C)C2)c(C)cc1[N+](=O)[O-]. The molecular formula is C16H24N3O5+. The van der Waals surface area contributed by atoms with E-state index in [2.05, 4.69) is 5.32 Å². The van der Waals surface area contributed by atoms with Gasteiger partial charge in [0, 0.05) is 17.8 Å². The van der Waals surface area contributed by atoms with Crippen molar-refractivity contribution in [3.8, 4) is 5.75 Å². The maximum atomic E-state index is 12.3. The molecule has 1 fully saturated rings. The van der Waals surface area contributed by atoms with Gasteiger partial charge in [-0.25, -0.2) is 0 Å². The van der Waals surface area contributed by atoms with Gasteiger partial charge in [0.2, 0.25) is 0 Å². The van der Waals surface area contributed by atoms with Crippen molar-refractivity contribution in [1.82, 2.24) is 0 Å². The number of nitrogens with one attached hydrogen (secondary N) is 2. The zero-order valence-electron chi connectivity index (χ0n) is 14.4. The van der Waals surface area contributed by atoms with Crippen molar-refractivity contribution in [3.05, 3.63) is 27.8 Å². The molecule has 0 aliphatic carbocycles. The van der Waals surface area contributed by atoms with Gasteiger partial charge in [-0.05, 0) is 26.3 Å². The number of carbonyl (C=O) groups is 1. The minimum atomic E-state index is -0.502. The Morgan fingerprint density at radius 2 is 2.04 bits per heavy atom. The monoisotopic (exact) mass is 338 g/mol. The Balaban J connectivity index is 2.07. The predicted octanol–water partition coefficient (Wildman–Crippen LogP) is 0.542. The fourth-order valence-electron chi connectivity index (χ4n) is 3.07. The average Bonchev–Trinajstić information content (AvgIpc) is 2.47. The lowest BCUT2D eigenvalue weighted by molar-refractivity contribution is -0.907. The standard InChI is InChI=1S/C16H23N3O5/c1-10-5-14(19(21)22)15(23-4)6-13(10)17-16(20)9-18-7-11(2)24-12(3)8-18/h5-6,11-12H,7-9H2,1-4H3,(H,17,20)/p+1/t11-,12-/m1/s1. The van der Waals surface area contributed by atoms with E-state index in [0.717, 1.165) is 18.0 Å². The number of carbonyl (C=O) groups excluding carboxylic acids is 1. The van der Waals surface area contributed by atoms with E-state index in [1.54, 1.807) is 6.92 Å². The van der Waals surface area contributed by atoms with E-state index in [1.165, 1.54) is 19.2 Å². The molecule has 0 radical (unpaired) electrons. The van der Waals surface area contributed by atoms with E-state index in [0.29, 0.717) is 17.8 Å². The molecule has 1 aliphatic heterocycles. The van der Waals surface area contributed by atoms with Crippen LogP contribution in [0.1, 0.15) is 19.4 Å². The molecule has 1 amide bonds. The van der Waals surface area contributed by atoms with Crippen molar-refractivity contribution in [2.45, 2.75) is 33.0 Å². The second-order valence-electron chi connectivity index (χ2n) is 6.24. The molecule has 8 heteroatoms. The fraction of sp³-hybridized carbons (Fsp3) is 0.562. The van der Waals surface area contributed by atoms with E-state index in [1.807, 2.05) is 13.8 Å². The molecule has 0 bridgehead atoms. The third-order valence-electron chi connectivity index (χ3n) is 4.02. The highest BCUT2D eigenvalue weighted by Crippen LogP contribution is 2.32. The maximum absolute atomic E-state index is 12.3. The number of ether oxygens (including phenoxy) is 2. The van der Waals surface area contributed by atoms with Gasteiger partial charge < -0.3 is 19.7 Å². The smallest absolute Gasteiger partial charge is 0.311 e. The molecule has 24 heavy (non-hydrogen) atoms. The third-order valence-corrected chi connectivity index (χ3v) is 4.02. The summed E-state index contributed by atoms with van der Waals surface area (Å²) in [5.74, 6) is -0.00725. The molecule has 0 spiro atoms. The molecule has 2 N–H and O–H groups in total. The zero-order chi connectivity index (χ0) is 17.9. The number of methoxy groups -OCH3 is 1. The van der Waals surface area contributed by atoms with Crippen LogP contribution in [-0.2, 0) is 9.53 Å². The van der Waals surface area contributed by atoms with Gasteiger partial charge in [0.1, 0.15) is 25.3 Å². The van der Waals surface area contributed by atoms with Crippen LogP contribution in [0.5, 0.6) is 5.75 Å². The highest BCUT2D eigenvalue weighted by Gasteiger charge is 2.27. The molecule has 1 aliphatic rings. The summed E-state index contributed by atoms with van der Waals surface area (Å²) in [7, 11) is 1.37. The first kappa shape index (κ1) is 18.2. The number of nitrogens with zero attached hydrogens (tertiary/aromatic N) is 1. The molecule has 2 atom stereocenters. The number of aryl methyl sites for hydroxylation is 1. The zero-order valence-corrected chi connectivity index (χ0v) is 14.4. The Morgan fingerprint density at radius 3 is 2.58 bits per heavy atom. The minimum absolute atomic E-state index is 0.116. The Hall–Kier alpha value is -2.19. The summed E-state index contributed by atoms with van der Waals surface area (Å²) in [6.45, 7) is 7.60. The van der Waals surface area contributed by atoms with Crippen LogP contribution < -0.4 is 15.0 Å². The van der Waals surface area contributed by atoms with Crippen molar-refractivity contribution in [2.75, 3.05) is 32.1 Å². The topological polar surface area (TPSA) is 95.1 Å². The number of nitro groups is 1. The molecule has 1 aromatic rings. The summed E-state index contributed by atoms with van der Waals surface area (Å²) in [6, 6.07) is 2.89. The normalized spacial score (nSPS) is 23.6. The lowest BCUT2D eigenvalue weighted by Gasteiger charge is -2.31. The van der Waals surface area contributed by atoms with Crippen LogP contribution in [0.2, 0.25) is 0 Å². The second kappa shape index (κ2) is 7.59. The van der Waals surface area contributed by atoms with Gasteiger partial charge in [0.05, 0.1) is 12.0 Å². The number of morpholine rings is 1. The van der Waals surface area contributed by atoms with Crippen LogP contribution in [0, 0.1) is 17.0 Å². The van der Waals surface area contributed by atoms with E-state index in [9.17, 15) is 14.9 Å². The summed E-state index contributed by atoms with van der Waals surface area (Å²) in [4.78, 5) is 24.0. The van der Waals surface area contributed by atoms with Gasteiger partial charge >= 0.3 is 5.69 Å². The highest BCUT2D eigenvalue weighted by atomic mass is 16.6. The number of nitro benzene ring substituents is 1. The lowest BCUT2D eigenvalue weighted by atomic mass is 10.1. The Labute approximate surface area is 140 Å². The molecule has 8 nitrogen and oxygen atoms in total. The number of hydrogen-bond acceptors (Lipinski definition) is 5. The summed E-state index contributed by atoms with van der Waals surface area (Å²) in [6.07, 6.45) is 0.246. The molecule has 1 aromatic carbocycles. The van der Waals surface area contributed by atoms with E-state index >= 15 is 0 Å². The van der Waals surface area contributed by atoms with Gasteiger partial charge in [0.25, 0.3) is 5.91 Å². The van der Waals surface area contributed by atoms with Crippen LogP contribution in [0.15, 0.2) is 12.1 Å². The number of hydrogen-bond donors (Lipinski definition) is 2. The third kappa shape index (κ3) is 4.42. The molecule has 132 valence electrons. The van der Waals surface area contributed by atoms with E-state index in [4.69, 9.17) is 9.47 Å². The summed E-state index contributed by atoms with van der Waals surface area (Å²) < 4.78 is 10.7. The number of rotatable bonds is 5. The summed E-state index contributed by atoms with van der Waals surface area (Å²) in [5.41, 5.74) is 1.03. The lowest BCUT2D eigenvalue weighted by Crippen LogP contribution is -3.16. The Morgan fingerprint density at radius 1 is 1.42 bits per heavy atom. The molecule has 1 saturated heterocycles. The fourth-order valence-corrected chi connectivity index (χ4v) is 3.07. The number of amides is 1. The Bertz CT molecular complexity index is 624. The molecule has 0 aromatic heterocycles. The quantitative estimate of drug-likeness (QED) is 0.604. The van der Waals surface area contributed by atoms with E-state index in [-0.39, 0.29) is 29.6 Å². The van der Waals surface area contributed by atoms with Crippen molar-refractivity contribution >= 4 is 17.3 Å². The summed E-state index contributed by atoms with van der Waals surface area (Å²) in [5, 5.41) is 13.8. The molecule has 2 rings (SSSR count). The van der Waals surface area contributed by atoms with Crippen molar-refractivity contribution in [2.24, 2.45) is 0 Å². The van der Waals surface area contributed by atoms with Gasteiger partial charge in [-0.2, -0.15) is 0 Å². The van der Waals surface area contributed by atoms with Crippen molar-refractivity contribution in [1.29, 1.82) is 0 Å². The van der Waals surface area contributed by atoms with Gasteiger partial charge in [-0.15, -0.1) is 0 Å². The molecule has 0 unspecified atom stereocenters.